The molecule has 0 spiro atoms. The van der Waals surface area contributed by atoms with Gasteiger partial charge in [0.15, 0.2) is 11.0 Å². The van der Waals surface area contributed by atoms with Crippen LogP contribution in [-0.4, -0.2) is 21.9 Å². The number of hydrogen-bond donors (Lipinski definition) is 1. The summed E-state index contributed by atoms with van der Waals surface area (Å²) in [4.78, 5) is 13.3. The lowest BCUT2D eigenvalue weighted by Crippen LogP contribution is -2.13. The Kier molecular flexibility index (Phi) is 2.54. The minimum Gasteiger partial charge on any atom is -0.486 e. The summed E-state index contributed by atoms with van der Waals surface area (Å²) in [7, 11) is 2.97. The number of halogens is 1. The Balaban J connectivity index is 2.98. The summed E-state index contributed by atoms with van der Waals surface area (Å²) < 4.78 is 5.83. The molecule has 1 aromatic rings. The fraction of sp³-hybridized carbons (Fsp3) is 0.333. The molecule has 6 heteroatoms. The van der Waals surface area contributed by atoms with Gasteiger partial charge in [-0.25, -0.2) is 9.48 Å². The van der Waals surface area contributed by atoms with Gasteiger partial charge >= 0.3 is 5.69 Å². The van der Waals surface area contributed by atoms with Gasteiger partial charge in [-0.05, 0) is 11.6 Å². The number of H-pyrrole nitrogens is 1. The maximum atomic E-state index is 10.8. The SMILES string of the molecule is CO/C(Cl)=C/c1nn(C)c(=O)[nH]1. The highest BCUT2D eigenvalue weighted by molar-refractivity contribution is 6.30. The van der Waals surface area contributed by atoms with E-state index >= 15 is 0 Å². The molecule has 1 heterocycles. The first kappa shape index (κ1) is 8.86. The van der Waals surface area contributed by atoms with Gasteiger partial charge in [0.2, 0.25) is 0 Å². The van der Waals surface area contributed by atoms with E-state index in [4.69, 9.17) is 11.6 Å². The van der Waals surface area contributed by atoms with Crippen molar-refractivity contribution >= 4 is 17.7 Å². The largest absolute Gasteiger partial charge is 0.486 e. The van der Waals surface area contributed by atoms with Crippen molar-refractivity contribution in [3.05, 3.63) is 21.5 Å². The number of aromatic nitrogens is 3. The van der Waals surface area contributed by atoms with Gasteiger partial charge in [0.1, 0.15) is 0 Å². The highest BCUT2D eigenvalue weighted by Gasteiger charge is 1.98. The molecule has 12 heavy (non-hydrogen) atoms. The van der Waals surface area contributed by atoms with Crippen LogP contribution in [0.15, 0.2) is 10.0 Å². The molecule has 0 bridgehead atoms. The second-order valence-electron chi connectivity index (χ2n) is 2.09. The van der Waals surface area contributed by atoms with Gasteiger partial charge in [0.05, 0.1) is 7.11 Å². The summed E-state index contributed by atoms with van der Waals surface area (Å²) in [6.07, 6.45) is 1.42. The van der Waals surface area contributed by atoms with Gasteiger partial charge in [-0.3, -0.25) is 4.98 Å². The van der Waals surface area contributed by atoms with Gasteiger partial charge in [-0.2, -0.15) is 5.10 Å². The molecule has 0 atom stereocenters. The highest BCUT2D eigenvalue weighted by atomic mass is 35.5. The summed E-state index contributed by atoms with van der Waals surface area (Å²) in [5, 5.41) is 3.98. The lowest BCUT2D eigenvalue weighted by Gasteiger charge is -1.91. The second-order valence-corrected chi connectivity index (χ2v) is 2.46. The number of hydrogen-bond acceptors (Lipinski definition) is 3. The van der Waals surface area contributed by atoms with Gasteiger partial charge in [-0.15, -0.1) is 0 Å². The predicted molar refractivity (Wildman–Crippen MR) is 44.7 cm³/mol. The molecule has 1 rings (SSSR count). The Bertz CT molecular complexity index is 352. The zero-order valence-electron chi connectivity index (χ0n) is 6.67. The number of ether oxygens (including phenoxy) is 1. The molecule has 0 aliphatic rings. The van der Waals surface area contributed by atoms with E-state index in [1.807, 2.05) is 0 Å². The van der Waals surface area contributed by atoms with Crippen LogP contribution in [0.4, 0.5) is 0 Å². The lowest BCUT2D eigenvalue weighted by atomic mass is 10.6. The van der Waals surface area contributed by atoms with Crippen LogP contribution in [0.25, 0.3) is 6.08 Å². The normalized spacial score (nSPS) is 11.8. The van der Waals surface area contributed by atoms with E-state index in [1.165, 1.54) is 24.9 Å². The zero-order chi connectivity index (χ0) is 9.14. The zero-order valence-corrected chi connectivity index (χ0v) is 7.42. The molecule has 1 N–H and O–H groups in total. The topological polar surface area (TPSA) is 59.9 Å². The Morgan fingerprint density at radius 2 is 2.50 bits per heavy atom. The minimum atomic E-state index is -0.290. The van der Waals surface area contributed by atoms with Crippen molar-refractivity contribution in [3.63, 3.8) is 0 Å². The van der Waals surface area contributed by atoms with Crippen molar-refractivity contribution < 1.29 is 4.74 Å². The summed E-state index contributed by atoms with van der Waals surface area (Å²) in [6.45, 7) is 0. The fourth-order valence-electron chi connectivity index (χ4n) is 0.654. The van der Waals surface area contributed by atoms with E-state index in [0.717, 1.165) is 0 Å². The molecule has 0 aliphatic carbocycles. The molecule has 5 nitrogen and oxygen atoms in total. The van der Waals surface area contributed by atoms with E-state index in [0.29, 0.717) is 5.82 Å². The number of aromatic amines is 1. The van der Waals surface area contributed by atoms with Crippen LogP contribution in [0.2, 0.25) is 0 Å². The molecule has 0 aromatic carbocycles. The molecular weight excluding hydrogens is 182 g/mol. The van der Waals surface area contributed by atoms with Crippen LogP contribution in [0, 0.1) is 0 Å². The number of nitrogens with zero attached hydrogens (tertiary/aromatic N) is 2. The van der Waals surface area contributed by atoms with E-state index in [-0.39, 0.29) is 10.9 Å². The first-order valence-electron chi connectivity index (χ1n) is 3.18. The third-order valence-electron chi connectivity index (χ3n) is 1.23. The Morgan fingerprint density at radius 3 is 2.92 bits per heavy atom. The Labute approximate surface area is 73.6 Å². The van der Waals surface area contributed by atoms with E-state index < -0.39 is 0 Å². The molecule has 0 aliphatic heterocycles. The van der Waals surface area contributed by atoms with E-state index in [9.17, 15) is 4.79 Å². The average Bonchev–Trinajstić information content (AvgIpc) is 2.31. The molecule has 0 radical (unpaired) electrons. The highest BCUT2D eigenvalue weighted by Crippen LogP contribution is 2.04. The number of nitrogens with one attached hydrogen (secondary N) is 1. The van der Waals surface area contributed by atoms with Crippen molar-refractivity contribution in [2.75, 3.05) is 7.11 Å². The first-order chi connectivity index (χ1) is 5.63. The maximum Gasteiger partial charge on any atom is 0.343 e. The smallest absolute Gasteiger partial charge is 0.343 e. The molecule has 0 fully saturated rings. The van der Waals surface area contributed by atoms with Gasteiger partial charge in [0, 0.05) is 13.1 Å². The molecule has 0 amide bonds. The molecule has 0 saturated heterocycles. The summed E-state index contributed by atoms with van der Waals surface area (Å²) in [5.41, 5.74) is -0.290. The van der Waals surface area contributed by atoms with Crippen LogP contribution < -0.4 is 5.69 Å². The summed E-state index contributed by atoms with van der Waals surface area (Å²) in [6, 6.07) is 0. The molecule has 0 unspecified atom stereocenters. The van der Waals surface area contributed by atoms with Crippen molar-refractivity contribution in [1.82, 2.24) is 14.8 Å². The fourth-order valence-corrected chi connectivity index (χ4v) is 0.757. The predicted octanol–water partition coefficient (Wildman–Crippen LogP) is 0.292. The Morgan fingerprint density at radius 1 is 1.83 bits per heavy atom. The van der Waals surface area contributed by atoms with Crippen molar-refractivity contribution in [3.8, 4) is 0 Å². The lowest BCUT2D eigenvalue weighted by molar-refractivity contribution is 0.325. The van der Waals surface area contributed by atoms with Crippen molar-refractivity contribution in [2.24, 2.45) is 7.05 Å². The first-order valence-corrected chi connectivity index (χ1v) is 3.56. The van der Waals surface area contributed by atoms with Crippen molar-refractivity contribution in [1.29, 1.82) is 0 Å². The third-order valence-corrected chi connectivity index (χ3v) is 1.50. The second kappa shape index (κ2) is 3.44. The van der Waals surface area contributed by atoms with Gasteiger partial charge in [0.25, 0.3) is 0 Å². The van der Waals surface area contributed by atoms with E-state index in [2.05, 4.69) is 14.8 Å². The van der Waals surface area contributed by atoms with Crippen LogP contribution >= 0.6 is 11.6 Å². The van der Waals surface area contributed by atoms with Gasteiger partial charge in [-0.1, -0.05) is 0 Å². The van der Waals surface area contributed by atoms with Crippen LogP contribution in [-0.2, 0) is 11.8 Å². The standard InChI is InChI=1S/C6H8ClN3O2/c1-10-6(11)8-5(9-10)3-4(7)12-2/h3H,1-2H3,(H,8,9,11)/b4-3+. The number of aryl methyl sites for hydroxylation is 1. The van der Waals surface area contributed by atoms with E-state index in [1.54, 1.807) is 0 Å². The summed E-state index contributed by atoms with van der Waals surface area (Å²) >= 11 is 5.53. The monoisotopic (exact) mass is 189 g/mol. The quantitative estimate of drug-likeness (QED) is 0.681. The van der Waals surface area contributed by atoms with Crippen LogP contribution in [0.5, 0.6) is 0 Å². The van der Waals surface area contributed by atoms with Crippen LogP contribution in [0.1, 0.15) is 5.82 Å². The van der Waals surface area contributed by atoms with Crippen molar-refractivity contribution in [2.45, 2.75) is 0 Å². The maximum absolute atomic E-state index is 10.8. The third kappa shape index (κ3) is 1.88. The number of rotatable bonds is 2. The average molecular weight is 190 g/mol. The molecular formula is C6H8ClN3O2. The molecule has 66 valence electrons. The van der Waals surface area contributed by atoms with Crippen LogP contribution in [0.3, 0.4) is 0 Å². The Hall–Kier alpha value is -1.23. The summed E-state index contributed by atoms with van der Waals surface area (Å²) in [5.74, 6) is 0.370. The van der Waals surface area contributed by atoms with Gasteiger partial charge < -0.3 is 4.74 Å². The minimum absolute atomic E-state index is 0.171. The number of methoxy groups -OCH3 is 1. The molecule has 0 saturated carbocycles. The molecule has 1 aromatic heterocycles.